The number of alkyl halides is 1. The summed E-state index contributed by atoms with van der Waals surface area (Å²) in [5, 5.41) is 5.64. The highest BCUT2D eigenvalue weighted by molar-refractivity contribution is 5.87. The molecule has 0 saturated heterocycles. The molecule has 18 heavy (non-hydrogen) atoms. The van der Waals surface area contributed by atoms with E-state index in [1.54, 1.807) is 0 Å². The third-order valence-electron chi connectivity index (χ3n) is 2.88. The predicted octanol–water partition coefficient (Wildman–Crippen LogP) is 3.30. The van der Waals surface area contributed by atoms with Crippen LogP contribution in [0, 0.1) is 0 Å². The minimum atomic E-state index is -0.465. The van der Waals surface area contributed by atoms with Gasteiger partial charge in [-0.3, -0.25) is 0 Å². The monoisotopic (exact) mass is 247 g/mol. The maximum atomic E-state index is 12.2. The highest BCUT2D eigenvalue weighted by Gasteiger charge is 2.08. The molecule has 0 aromatic heterocycles. The van der Waals surface area contributed by atoms with Gasteiger partial charge < -0.3 is 10.1 Å². The summed E-state index contributed by atoms with van der Waals surface area (Å²) >= 11 is 0. The molecule has 2 nitrogen and oxygen atoms in total. The van der Waals surface area contributed by atoms with E-state index in [1.165, 1.54) is 5.39 Å². The van der Waals surface area contributed by atoms with Gasteiger partial charge in [0.2, 0.25) is 0 Å². The zero-order chi connectivity index (χ0) is 12.8. The van der Waals surface area contributed by atoms with Crippen LogP contribution in [0.5, 0.6) is 5.75 Å². The molecule has 0 atom stereocenters. The van der Waals surface area contributed by atoms with Crippen molar-refractivity contribution in [3.8, 4) is 5.75 Å². The van der Waals surface area contributed by atoms with Crippen molar-refractivity contribution < 1.29 is 9.13 Å². The van der Waals surface area contributed by atoms with Gasteiger partial charge in [0, 0.05) is 12.1 Å². The Morgan fingerprint density at radius 3 is 2.78 bits per heavy atom. The topological polar surface area (TPSA) is 21.3 Å². The second-order valence-electron chi connectivity index (χ2n) is 4.08. The minimum absolute atomic E-state index is 0.109. The van der Waals surface area contributed by atoms with E-state index in [0.29, 0.717) is 0 Å². The number of ether oxygens (including phenoxy) is 1. The molecule has 0 heterocycles. The maximum Gasteiger partial charge on any atom is 0.124 e. The maximum absolute atomic E-state index is 12.2. The van der Waals surface area contributed by atoms with Crippen molar-refractivity contribution in [3.63, 3.8) is 0 Å². The number of fused-ring (bicyclic) bond motifs is 1. The molecule has 0 radical (unpaired) electrons. The summed E-state index contributed by atoms with van der Waals surface area (Å²) in [7, 11) is 0. The Labute approximate surface area is 107 Å². The summed E-state index contributed by atoms with van der Waals surface area (Å²) in [4.78, 5) is 0. The molecule has 1 N–H and O–H groups in total. The van der Waals surface area contributed by atoms with Crippen molar-refractivity contribution in [2.24, 2.45) is 0 Å². The molecule has 0 aliphatic rings. The summed E-state index contributed by atoms with van der Waals surface area (Å²) in [5.41, 5.74) is 1.10. The Bertz CT molecular complexity index is 513. The summed E-state index contributed by atoms with van der Waals surface area (Å²) in [6.07, 6.45) is 0. The van der Waals surface area contributed by atoms with Crippen molar-refractivity contribution in [2.75, 3.05) is 19.8 Å². The van der Waals surface area contributed by atoms with Gasteiger partial charge in [0.15, 0.2) is 0 Å². The van der Waals surface area contributed by atoms with E-state index in [9.17, 15) is 4.39 Å². The van der Waals surface area contributed by atoms with Gasteiger partial charge in [0.1, 0.15) is 19.0 Å². The largest absolute Gasteiger partial charge is 0.491 e. The van der Waals surface area contributed by atoms with Gasteiger partial charge in [-0.1, -0.05) is 37.3 Å². The van der Waals surface area contributed by atoms with Gasteiger partial charge in [-0.05, 0) is 23.4 Å². The number of nitrogens with one attached hydrogen (secondary N) is 1. The lowest BCUT2D eigenvalue weighted by atomic mass is 10.0. The van der Waals surface area contributed by atoms with E-state index in [-0.39, 0.29) is 6.61 Å². The van der Waals surface area contributed by atoms with Crippen LogP contribution in [0.3, 0.4) is 0 Å². The molecule has 0 amide bonds. The van der Waals surface area contributed by atoms with Gasteiger partial charge in [0.05, 0.1) is 0 Å². The average molecular weight is 247 g/mol. The average Bonchev–Trinajstić information content (AvgIpc) is 2.43. The van der Waals surface area contributed by atoms with Crippen molar-refractivity contribution in [1.82, 2.24) is 5.32 Å². The normalized spacial score (nSPS) is 10.8. The highest BCUT2D eigenvalue weighted by atomic mass is 19.1. The first kappa shape index (κ1) is 12.8. The quantitative estimate of drug-likeness (QED) is 0.845. The Hall–Kier alpha value is -1.61. The molecule has 96 valence electrons. The predicted molar refractivity (Wildman–Crippen MR) is 72.8 cm³/mol. The van der Waals surface area contributed by atoms with Crippen LogP contribution in [0.2, 0.25) is 0 Å². The molecular formula is C15H18FNO. The Balaban J connectivity index is 2.41. The zero-order valence-electron chi connectivity index (χ0n) is 10.6. The smallest absolute Gasteiger partial charge is 0.124 e. The molecule has 0 spiro atoms. The van der Waals surface area contributed by atoms with E-state index in [4.69, 9.17) is 4.74 Å². The molecule has 2 rings (SSSR count). The van der Waals surface area contributed by atoms with Crippen LogP contribution in [0.15, 0.2) is 36.4 Å². The lowest BCUT2D eigenvalue weighted by Crippen LogP contribution is -2.13. The fourth-order valence-electron chi connectivity index (χ4n) is 2.03. The van der Waals surface area contributed by atoms with Crippen molar-refractivity contribution in [2.45, 2.75) is 13.5 Å². The second kappa shape index (κ2) is 6.36. The second-order valence-corrected chi connectivity index (χ2v) is 4.08. The zero-order valence-corrected chi connectivity index (χ0v) is 10.6. The van der Waals surface area contributed by atoms with Crippen LogP contribution in [0.4, 0.5) is 4.39 Å². The lowest BCUT2D eigenvalue weighted by molar-refractivity contribution is 0.271. The van der Waals surface area contributed by atoms with E-state index in [1.807, 2.05) is 24.3 Å². The number of benzene rings is 2. The number of hydrogen-bond donors (Lipinski definition) is 1. The number of rotatable bonds is 6. The molecule has 0 aliphatic carbocycles. The third-order valence-corrected chi connectivity index (χ3v) is 2.88. The van der Waals surface area contributed by atoms with Crippen LogP contribution < -0.4 is 10.1 Å². The summed E-state index contributed by atoms with van der Waals surface area (Å²) in [5.74, 6) is 0.771. The summed E-state index contributed by atoms with van der Waals surface area (Å²) in [6.45, 7) is 3.34. The van der Waals surface area contributed by atoms with E-state index in [0.717, 1.165) is 29.8 Å². The van der Waals surface area contributed by atoms with Crippen LogP contribution in [-0.4, -0.2) is 19.8 Å². The first-order valence-corrected chi connectivity index (χ1v) is 6.27. The van der Waals surface area contributed by atoms with Crippen LogP contribution in [0.25, 0.3) is 10.8 Å². The first-order valence-electron chi connectivity index (χ1n) is 6.27. The SMILES string of the molecule is CCNCc1c(OCCF)ccc2ccccc12. The van der Waals surface area contributed by atoms with Crippen LogP contribution in [-0.2, 0) is 6.54 Å². The van der Waals surface area contributed by atoms with Crippen LogP contribution in [0.1, 0.15) is 12.5 Å². The fraction of sp³-hybridized carbons (Fsp3) is 0.333. The molecule has 0 fully saturated rings. The highest BCUT2D eigenvalue weighted by Crippen LogP contribution is 2.28. The lowest BCUT2D eigenvalue weighted by Gasteiger charge is -2.13. The molecule has 0 saturated carbocycles. The third kappa shape index (κ3) is 2.79. The standard InChI is InChI=1S/C15H18FNO/c1-2-17-11-14-13-6-4-3-5-12(13)7-8-15(14)18-10-9-16/h3-8,17H,2,9-11H2,1H3. The summed E-state index contributed by atoms with van der Waals surface area (Å²) in [6, 6.07) is 12.1. The Morgan fingerprint density at radius 1 is 1.17 bits per heavy atom. The molecule has 0 aliphatic heterocycles. The van der Waals surface area contributed by atoms with Crippen molar-refractivity contribution >= 4 is 10.8 Å². The van der Waals surface area contributed by atoms with Gasteiger partial charge in [-0.2, -0.15) is 0 Å². The molecule has 0 bridgehead atoms. The number of hydrogen-bond acceptors (Lipinski definition) is 2. The van der Waals surface area contributed by atoms with Gasteiger partial charge in [-0.15, -0.1) is 0 Å². The van der Waals surface area contributed by atoms with E-state index >= 15 is 0 Å². The summed E-state index contributed by atoms with van der Waals surface area (Å²) < 4.78 is 17.7. The Morgan fingerprint density at radius 2 is 2.00 bits per heavy atom. The van der Waals surface area contributed by atoms with Crippen molar-refractivity contribution in [3.05, 3.63) is 42.0 Å². The van der Waals surface area contributed by atoms with Gasteiger partial charge in [-0.25, -0.2) is 4.39 Å². The Kier molecular flexibility index (Phi) is 4.53. The van der Waals surface area contributed by atoms with E-state index in [2.05, 4.69) is 24.4 Å². The molecule has 2 aromatic rings. The fourth-order valence-corrected chi connectivity index (χ4v) is 2.03. The van der Waals surface area contributed by atoms with Gasteiger partial charge in [0.25, 0.3) is 0 Å². The molecule has 0 unspecified atom stereocenters. The molecule has 2 aromatic carbocycles. The first-order chi connectivity index (χ1) is 8.86. The van der Waals surface area contributed by atoms with E-state index < -0.39 is 6.67 Å². The van der Waals surface area contributed by atoms with Crippen molar-refractivity contribution in [1.29, 1.82) is 0 Å². The van der Waals surface area contributed by atoms with Crippen LogP contribution >= 0.6 is 0 Å². The number of halogens is 1. The van der Waals surface area contributed by atoms with Gasteiger partial charge >= 0.3 is 0 Å². The minimum Gasteiger partial charge on any atom is -0.491 e. The molecule has 3 heteroatoms. The molecular weight excluding hydrogens is 229 g/mol.